The van der Waals surface area contributed by atoms with E-state index in [1.165, 1.54) is 31.3 Å². The molecule has 0 radical (unpaired) electrons. The minimum absolute atomic E-state index is 0.110. The summed E-state index contributed by atoms with van der Waals surface area (Å²) in [5.41, 5.74) is 6.15. The molecule has 0 spiro atoms. The Hall–Kier alpha value is -3.76. The number of nitrogens with zero attached hydrogens (tertiary/aromatic N) is 1. The average molecular weight is 532 g/mol. The number of methoxy groups -OCH3 is 2. The van der Waals surface area contributed by atoms with Crippen LogP contribution < -0.4 is 15.8 Å². The quantitative estimate of drug-likeness (QED) is 0.385. The van der Waals surface area contributed by atoms with E-state index in [-0.39, 0.29) is 33.6 Å². The van der Waals surface area contributed by atoms with Gasteiger partial charge in [0.2, 0.25) is 9.84 Å². The fraction of sp³-hybridized carbons (Fsp3) is 0.208. The van der Waals surface area contributed by atoms with Crippen LogP contribution in [0, 0.1) is 0 Å². The summed E-state index contributed by atoms with van der Waals surface area (Å²) >= 11 is 6.09. The van der Waals surface area contributed by atoms with E-state index in [4.69, 9.17) is 22.1 Å². The van der Waals surface area contributed by atoms with Crippen molar-refractivity contribution in [1.82, 2.24) is 5.32 Å². The molecular weight excluding hydrogens is 510 g/mol. The zero-order valence-electron chi connectivity index (χ0n) is 19.3. The number of rotatable bonds is 8. The molecule has 1 aliphatic heterocycles. The average Bonchev–Trinajstić information content (AvgIpc) is 2.88. The number of hydrogen-bond acceptors (Lipinski definition) is 9. The van der Waals surface area contributed by atoms with Crippen molar-refractivity contribution in [2.75, 3.05) is 20.8 Å². The second-order valence-corrected chi connectivity index (χ2v) is 9.82. The first kappa shape index (κ1) is 26.8. The topological polar surface area (TPSA) is 154 Å². The van der Waals surface area contributed by atoms with Gasteiger partial charge in [-0.3, -0.25) is 9.79 Å². The highest BCUT2D eigenvalue weighted by Gasteiger charge is 2.36. The van der Waals surface area contributed by atoms with Gasteiger partial charge in [0.05, 0.1) is 41.3 Å². The van der Waals surface area contributed by atoms with E-state index >= 15 is 0 Å². The fourth-order valence-electron chi connectivity index (χ4n) is 3.36. The molecule has 0 saturated carbocycles. The molecule has 0 bridgehead atoms. The number of esters is 1. The number of carbonyl (C=O) groups is 2. The highest BCUT2D eigenvalue weighted by molar-refractivity contribution is 7.95. The molecule has 0 aromatic heterocycles. The van der Waals surface area contributed by atoms with Gasteiger partial charge in [0.1, 0.15) is 22.3 Å². The molecule has 2 aromatic carbocycles. The van der Waals surface area contributed by atoms with Gasteiger partial charge in [-0.2, -0.15) is 0 Å². The summed E-state index contributed by atoms with van der Waals surface area (Å²) in [6.45, 7) is 0.265. The lowest BCUT2D eigenvalue weighted by Gasteiger charge is -2.20. The van der Waals surface area contributed by atoms with E-state index in [0.29, 0.717) is 12.2 Å². The highest BCUT2D eigenvalue weighted by atomic mass is 35.5. The highest BCUT2D eigenvalue weighted by Crippen LogP contribution is 2.29. The summed E-state index contributed by atoms with van der Waals surface area (Å²) in [4.78, 5) is 38.9. The van der Waals surface area contributed by atoms with Gasteiger partial charge in [-0.1, -0.05) is 23.7 Å². The van der Waals surface area contributed by atoms with Gasteiger partial charge in [-0.05, 0) is 42.3 Å². The van der Waals surface area contributed by atoms with Crippen molar-refractivity contribution < 1.29 is 32.3 Å². The Morgan fingerprint density at radius 2 is 1.86 bits per heavy atom. The third kappa shape index (κ3) is 5.55. The van der Waals surface area contributed by atoms with E-state index in [1.807, 2.05) is 0 Å². The first-order chi connectivity index (χ1) is 17.1. The van der Waals surface area contributed by atoms with Crippen LogP contribution in [0.15, 0.2) is 69.0 Å². The summed E-state index contributed by atoms with van der Waals surface area (Å²) in [7, 11) is -1.59. The van der Waals surface area contributed by atoms with Crippen molar-refractivity contribution in [2.24, 2.45) is 10.7 Å². The Labute approximate surface area is 212 Å². The molecule has 188 valence electrons. The van der Waals surface area contributed by atoms with E-state index in [1.54, 1.807) is 24.3 Å². The Bertz CT molecular complexity index is 1410. The number of aliphatic imine (C=N–C) groups is 1. The maximum absolute atomic E-state index is 13.1. The van der Waals surface area contributed by atoms with Crippen LogP contribution in [0.1, 0.15) is 15.9 Å². The molecule has 2 aromatic rings. The number of hydrogen-bond donors (Lipinski definition) is 2. The van der Waals surface area contributed by atoms with Crippen molar-refractivity contribution >= 4 is 45.0 Å². The second kappa shape index (κ2) is 11.3. The molecular formula is C24H22ClN3O7S. The van der Waals surface area contributed by atoms with Gasteiger partial charge >= 0.3 is 5.97 Å². The monoisotopic (exact) mass is 531 g/mol. The lowest BCUT2D eigenvalue weighted by molar-refractivity contribution is -0.132. The van der Waals surface area contributed by atoms with Gasteiger partial charge in [0.25, 0.3) is 5.91 Å². The minimum Gasteiger partial charge on any atom is -0.497 e. The van der Waals surface area contributed by atoms with Crippen LogP contribution in [0.4, 0.5) is 0 Å². The molecule has 1 amide bonds. The standard InChI is InChI=1S/C24H22ClN3O7S/c1-34-15-5-8-19(25)17(11-15)23(30)27-10-9-14-3-6-16(7-4-14)36(32,33)20-12-28-22(24(31)35-2)21(26)18(20)13-29/h3-8,11-12,21H,9-10,26H2,1-2H3,(H,27,30). The lowest BCUT2D eigenvalue weighted by atomic mass is 10.0. The summed E-state index contributed by atoms with van der Waals surface area (Å²) in [6.07, 6.45) is 1.30. The van der Waals surface area contributed by atoms with Crippen LogP contribution in [-0.2, 0) is 30.6 Å². The normalized spacial score (nSPS) is 15.3. The third-order valence-electron chi connectivity index (χ3n) is 5.34. The number of halogens is 1. The number of ether oxygens (including phenoxy) is 2. The number of benzene rings is 2. The zero-order valence-corrected chi connectivity index (χ0v) is 20.9. The summed E-state index contributed by atoms with van der Waals surface area (Å²) < 4.78 is 35.9. The predicted molar refractivity (Wildman–Crippen MR) is 132 cm³/mol. The second-order valence-electron chi connectivity index (χ2n) is 7.49. The summed E-state index contributed by atoms with van der Waals surface area (Å²) in [6, 6.07) is 9.22. The van der Waals surface area contributed by atoms with E-state index in [2.05, 4.69) is 15.0 Å². The van der Waals surface area contributed by atoms with Crippen LogP contribution in [0.2, 0.25) is 5.02 Å². The van der Waals surface area contributed by atoms with E-state index in [0.717, 1.165) is 18.9 Å². The first-order valence-electron chi connectivity index (χ1n) is 10.5. The molecule has 3 rings (SSSR count). The summed E-state index contributed by atoms with van der Waals surface area (Å²) in [5, 5.41) is 3.04. The Morgan fingerprint density at radius 3 is 2.47 bits per heavy atom. The van der Waals surface area contributed by atoms with Gasteiger partial charge in [-0.25, -0.2) is 18.0 Å². The van der Waals surface area contributed by atoms with Crippen molar-refractivity contribution in [1.29, 1.82) is 0 Å². The molecule has 1 heterocycles. The molecule has 0 aliphatic carbocycles. The SMILES string of the molecule is COC(=O)C1=NC=C(S(=O)(=O)c2ccc(CCNC(=O)c3cc(OC)ccc3Cl)cc2)C(=C=O)C1N. The van der Waals surface area contributed by atoms with Crippen molar-refractivity contribution in [3.63, 3.8) is 0 Å². The fourth-order valence-corrected chi connectivity index (χ4v) is 4.96. The zero-order chi connectivity index (χ0) is 26.5. The first-order valence-corrected chi connectivity index (χ1v) is 12.3. The molecule has 3 N–H and O–H groups in total. The van der Waals surface area contributed by atoms with Crippen LogP contribution >= 0.6 is 11.6 Å². The Balaban J connectivity index is 1.72. The largest absolute Gasteiger partial charge is 0.497 e. The maximum Gasteiger partial charge on any atom is 0.354 e. The molecule has 1 unspecified atom stereocenters. The molecule has 1 atom stereocenters. The summed E-state index contributed by atoms with van der Waals surface area (Å²) in [5.74, 6) is 0.749. The number of nitrogens with one attached hydrogen (secondary N) is 1. The smallest absolute Gasteiger partial charge is 0.354 e. The molecule has 12 heteroatoms. The molecule has 10 nitrogen and oxygen atoms in total. The molecule has 1 aliphatic rings. The van der Waals surface area contributed by atoms with Gasteiger partial charge < -0.3 is 20.5 Å². The minimum atomic E-state index is -4.18. The van der Waals surface area contributed by atoms with Gasteiger partial charge in [0.15, 0.2) is 0 Å². The van der Waals surface area contributed by atoms with Crippen molar-refractivity contribution in [3.05, 3.63) is 75.3 Å². The number of amides is 1. The van der Waals surface area contributed by atoms with Crippen LogP contribution in [0.25, 0.3) is 0 Å². The maximum atomic E-state index is 13.1. The number of sulfone groups is 1. The molecule has 36 heavy (non-hydrogen) atoms. The predicted octanol–water partition coefficient (Wildman–Crippen LogP) is 1.65. The van der Waals surface area contributed by atoms with Crippen molar-refractivity contribution in [3.8, 4) is 5.75 Å². The van der Waals surface area contributed by atoms with Crippen LogP contribution in [0.3, 0.4) is 0 Å². The molecule has 0 saturated heterocycles. The van der Waals surface area contributed by atoms with Crippen LogP contribution in [-0.4, -0.2) is 58.8 Å². The number of nitrogens with two attached hydrogens (primary N) is 1. The third-order valence-corrected chi connectivity index (χ3v) is 7.46. The van der Waals surface area contributed by atoms with E-state index < -0.39 is 32.3 Å². The molecule has 0 fully saturated rings. The Morgan fingerprint density at radius 1 is 1.17 bits per heavy atom. The number of carbonyl (C=O) groups excluding carboxylic acids is 3. The van der Waals surface area contributed by atoms with E-state index in [9.17, 15) is 22.8 Å². The van der Waals surface area contributed by atoms with Gasteiger partial charge in [0, 0.05) is 12.7 Å². The Kier molecular flexibility index (Phi) is 8.44. The van der Waals surface area contributed by atoms with Crippen LogP contribution in [0.5, 0.6) is 5.75 Å². The van der Waals surface area contributed by atoms with Gasteiger partial charge in [-0.15, -0.1) is 0 Å². The lowest BCUT2D eigenvalue weighted by Crippen LogP contribution is -2.41. The van der Waals surface area contributed by atoms with Crippen molar-refractivity contribution in [2.45, 2.75) is 17.4 Å².